The van der Waals surface area contributed by atoms with Crippen LogP contribution in [0.3, 0.4) is 0 Å². The van der Waals surface area contributed by atoms with Crippen LogP contribution >= 0.6 is 11.3 Å². The van der Waals surface area contributed by atoms with Gasteiger partial charge in [-0.25, -0.2) is 15.0 Å². The molecule has 0 aliphatic rings. The minimum Gasteiger partial charge on any atom is -0.208 e. The summed E-state index contributed by atoms with van der Waals surface area (Å²) >= 11 is 1.88. The Balaban J connectivity index is 1.09. The number of hydrogen-bond acceptors (Lipinski definition) is 4. The Hall–Kier alpha value is -6.23. The lowest BCUT2D eigenvalue weighted by atomic mass is 9.97. The molecule has 0 unspecified atom stereocenters. The van der Waals surface area contributed by atoms with Gasteiger partial charge in [0.2, 0.25) is 0 Å². The Labute approximate surface area is 288 Å². The molecule has 2 heterocycles. The molecule has 9 rings (SSSR count). The number of rotatable bonds is 6. The predicted molar refractivity (Wildman–Crippen MR) is 205 cm³/mol. The SMILES string of the molecule is c1ccc(-c2nc(-c3ccccc3)nc(-c3cccc(-c4ccc(-c5cccc6c5sc5c(-c7ccccc7)cccc56)cc4)c3)n2)cc1. The Morgan fingerprint density at radius 3 is 1.20 bits per heavy atom. The molecule has 0 bridgehead atoms. The van der Waals surface area contributed by atoms with Gasteiger partial charge in [-0.1, -0.05) is 170 Å². The molecule has 0 fully saturated rings. The van der Waals surface area contributed by atoms with Crippen LogP contribution in [0.15, 0.2) is 176 Å². The fraction of sp³-hybridized carbons (Fsp3) is 0. The molecule has 0 atom stereocenters. The Kier molecular flexibility index (Phi) is 7.34. The van der Waals surface area contributed by atoms with Crippen molar-refractivity contribution in [1.82, 2.24) is 15.0 Å². The van der Waals surface area contributed by atoms with Crippen molar-refractivity contribution in [1.29, 1.82) is 0 Å². The van der Waals surface area contributed by atoms with E-state index in [2.05, 4.69) is 115 Å². The summed E-state index contributed by atoms with van der Waals surface area (Å²) in [7, 11) is 0. The highest BCUT2D eigenvalue weighted by molar-refractivity contribution is 7.26. The lowest BCUT2D eigenvalue weighted by molar-refractivity contribution is 1.07. The smallest absolute Gasteiger partial charge is 0.164 e. The first-order valence-corrected chi connectivity index (χ1v) is 17.2. The summed E-state index contributed by atoms with van der Waals surface area (Å²) in [5.41, 5.74) is 10.1. The maximum atomic E-state index is 4.94. The molecule has 9 aromatic rings. The summed E-state index contributed by atoms with van der Waals surface area (Å²) in [6.07, 6.45) is 0. The third kappa shape index (κ3) is 5.48. The topological polar surface area (TPSA) is 38.7 Å². The minimum atomic E-state index is 0.650. The zero-order chi connectivity index (χ0) is 32.6. The van der Waals surface area contributed by atoms with Gasteiger partial charge in [0.25, 0.3) is 0 Å². The second kappa shape index (κ2) is 12.4. The van der Waals surface area contributed by atoms with Crippen molar-refractivity contribution < 1.29 is 0 Å². The van der Waals surface area contributed by atoms with Crippen LogP contribution < -0.4 is 0 Å². The number of aromatic nitrogens is 3. The average molecular weight is 644 g/mol. The van der Waals surface area contributed by atoms with Crippen LogP contribution in [0.25, 0.3) is 87.7 Å². The molecule has 0 saturated heterocycles. The van der Waals surface area contributed by atoms with E-state index >= 15 is 0 Å². The third-order valence-electron chi connectivity index (χ3n) is 8.96. The van der Waals surface area contributed by atoms with Gasteiger partial charge in [-0.05, 0) is 39.4 Å². The van der Waals surface area contributed by atoms with Gasteiger partial charge in [-0.15, -0.1) is 11.3 Å². The van der Waals surface area contributed by atoms with Crippen LogP contribution in [0, 0.1) is 0 Å². The molecular weight excluding hydrogens is 615 g/mol. The van der Waals surface area contributed by atoms with Crippen LogP contribution in [0.1, 0.15) is 0 Å². The summed E-state index contributed by atoms with van der Waals surface area (Å²) in [4.78, 5) is 14.7. The van der Waals surface area contributed by atoms with Gasteiger partial charge in [0.05, 0.1) is 0 Å². The van der Waals surface area contributed by atoms with E-state index in [1.807, 2.05) is 72.0 Å². The van der Waals surface area contributed by atoms with Crippen molar-refractivity contribution in [2.24, 2.45) is 0 Å². The van der Waals surface area contributed by atoms with Gasteiger partial charge in [0.1, 0.15) is 0 Å². The van der Waals surface area contributed by atoms with E-state index in [4.69, 9.17) is 15.0 Å². The van der Waals surface area contributed by atoms with Crippen molar-refractivity contribution >= 4 is 31.5 Å². The van der Waals surface area contributed by atoms with E-state index in [1.54, 1.807) is 0 Å². The van der Waals surface area contributed by atoms with Crippen LogP contribution in [-0.4, -0.2) is 15.0 Å². The first-order valence-electron chi connectivity index (χ1n) is 16.4. The average Bonchev–Trinajstić information content (AvgIpc) is 3.58. The standard InChI is InChI=1S/C45H29N3S/c1-4-13-31(14-5-1)37-21-11-23-39-40-24-12-22-38(42(40)49-41(37)39)32-27-25-30(26-28-32)35-19-10-20-36(29-35)45-47-43(33-15-6-2-7-16-33)46-44(48-45)34-17-8-3-9-18-34/h1-29H. The summed E-state index contributed by atoms with van der Waals surface area (Å²) < 4.78 is 2.64. The molecule has 3 nitrogen and oxygen atoms in total. The van der Waals surface area contributed by atoms with Gasteiger partial charge in [-0.2, -0.15) is 0 Å². The first-order chi connectivity index (χ1) is 24.3. The molecule has 0 N–H and O–H groups in total. The van der Waals surface area contributed by atoms with Crippen LogP contribution in [0.5, 0.6) is 0 Å². The fourth-order valence-electron chi connectivity index (χ4n) is 6.51. The van der Waals surface area contributed by atoms with Gasteiger partial charge in [0, 0.05) is 36.9 Å². The third-order valence-corrected chi connectivity index (χ3v) is 10.2. The molecule has 4 heteroatoms. The zero-order valence-electron chi connectivity index (χ0n) is 26.5. The van der Waals surface area contributed by atoms with Crippen molar-refractivity contribution in [3.63, 3.8) is 0 Å². The van der Waals surface area contributed by atoms with Gasteiger partial charge in [-0.3, -0.25) is 0 Å². The monoisotopic (exact) mass is 643 g/mol. The predicted octanol–water partition coefficient (Wildman–Crippen LogP) is 12.2. The molecule has 2 aromatic heterocycles. The van der Waals surface area contributed by atoms with Crippen molar-refractivity contribution in [3.05, 3.63) is 176 Å². The Morgan fingerprint density at radius 1 is 0.286 bits per heavy atom. The number of hydrogen-bond donors (Lipinski definition) is 0. The lowest BCUT2D eigenvalue weighted by Crippen LogP contribution is -2.00. The molecule has 0 aliphatic carbocycles. The summed E-state index contributed by atoms with van der Waals surface area (Å²) in [5, 5.41) is 2.61. The minimum absolute atomic E-state index is 0.650. The van der Waals surface area contributed by atoms with Gasteiger partial charge >= 0.3 is 0 Å². The molecule has 230 valence electrons. The highest BCUT2D eigenvalue weighted by Crippen LogP contribution is 2.44. The normalized spacial score (nSPS) is 11.3. The van der Waals surface area contributed by atoms with Gasteiger partial charge < -0.3 is 0 Å². The first kappa shape index (κ1) is 29.0. The highest BCUT2D eigenvalue weighted by atomic mass is 32.1. The van der Waals surface area contributed by atoms with Crippen LogP contribution in [-0.2, 0) is 0 Å². The van der Waals surface area contributed by atoms with E-state index in [9.17, 15) is 0 Å². The van der Waals surface area contributed by atoms with Crippen molar-refractivity contribution in [3.8, 4) is 67.5 Å². The van der Waals surface area contributed by atoms with Crippen molar-refractivity contribution in [2.45, 2.75) is 0 Å². The maximum absolute atomic E-state index is 4.94. The molecule has 0 saturated carbocycles. The number of benzene rings is 7. The lowest BCUT2D eigenvalue weighted by Gasteiger charge is -2.10. The quantitative estimate of drug-likeness (QED) is 0.181. The number of thiophene rings is 1. The molecular formula is C45H29N3S. The van der Waals surface area contributed by atoms with Gasteiger partial charge in [0.15, 0.2) is 17.5 Å². The number of nitrogens with zero attached hydrogens (tertiary/aromatic N) is 3. The Morgan fingerprint density at radius 2 is 0.673 bits per heavy atom. The van der Waals surface area contributed by atoms with E-state index in [0.29, 0.717) is 17.5 Å². The molecule has 0 radical (unpaired) electrons. The summed E-state index contributed by atoms with van der Waals surface area (Å²) in [6, 6.07) is 61.6. The molecule has 49 heavy (non-hydrogen) atoms. The number of fused-ring (bicyclic) bond motifs is 3. The summed E-state index contributed by atoms with van der Waals surface area (Å²) in [5.74, 6) is 1.97. The molecule has 7 aromatic carbocycles. The second-order valence-corrected chi connectivity index (χ2v) is 13.0. The van der Waals surface area contributed by atoms with E-state index in [1.165, 1.54) is 42.4 Å². The highest BCUT2D eigenvalue weighted by Gasteiger charge is 2.15. The van der Waals surface area contributed by atoms with Crippen molar-refractivity contribution in [2.75, 3.05) is 0 Å². The second-order valence-electron chi connectivity index (χ2n) is 12.0. The Bertz CT molecular complexity index is 2520. The van der Waals surface area contributed by atoms with E-state index in [0.717, 1.165) is 27.8 Å². The van der Waals surface area contributed by atoms with Crippen LogP contribution in [0.2, 0.25) is 0 Å². The van der Waals surface area contributed by atoms with Crippen LogP contribution in [0.4, 0.5) is 0 Å². The van der Waals surface area contributed by atoms with E-state index < -0.39 is 0 Å². The molecule has 0 spiro atoms. The molecule has 0 amide bonds. The molecule has 0 aliphatic heterocycles. The zero-order valence-corrected chi connectivity index (χ0v) is 27.3. The fourth-order valence-corrected chi connectivity index (χ4v) is 7.88. The largest absolute Gasteiger partial charge is 0.208 e. The maximum Gasteiger partial charge on any atom is 0.164 e. The van der Waals surface area contributed by atoms with E-state index in [-0.39, 0.29) is 0 Å². The summed E-state index contributed by atoms with van der Waals surface area (Å²) in [6.45, 7) is 0.